The first-order chi connectivity index (χ1) is 11.7. The van der Waals surface area contributed by atoms with Crippen molar-refractivity contribution in [2.75, 3.05) is 13.2 Å². The Bertz CT molecular complexity index is 510. The minimum atomic E-state index is -0.818. The quantitative estimate of drug-likeness (QED) is 0.347. The third-order valence-corrected chi connectivity index (χ3v) is 3.43. The van der Waals surface area contributed by atoms with Crippen LogP contribution in [0.15, 0.2) is 34.9 Å². The SMILES string of the molecule is CC(=O)OC(CO)COC(=O)C=C(C)CCC=C(C)CCC=C(C)C. The van der Waals surface area contributed by atoms with E-state index in [0.717, 1.165) is 31.3 Å². The first-order valence-electron chi connectivity index (χ1n) is 8.65. The summed E-state index contributed by atoms with van der Waals surface area (Å²) < 4.78 is 9.79. The average Bonchev–Trinajstić information content (AvgIpc) is 2.50. The average molecular weight is 352 g/mol. The van der Waals surface area contributed by atoms with Gasteiger partial charge in [-0.2, -0.15) is 0 Å². The highest BCUT2D eigenvalue weighted by Gasteiger charge is 2.13. The lowest BCUT2D eigenvalue weighted by Gasteiger charge is -2.13. The van der Waals surface area contributed by atoms with E-state index in [2.05, 4.69) is 32.9 Å². The van der Waals surface area contributed by atoms with E-state index < -0.39 is 18.0 Å². The maximum absolute atomic E-state index is 11.7. The smallest absolute Gasteiger partial charge is 0.330 e. The van der Waals surface area contributed by atoms with Crippen molar-refractivity contribution in [3.05, 3.63) is 34.9 Å². The highest BCUT2D eigenvalue weighted by atomic mass is 16.6. The van der Waals surface area contributed by atoms with Crippen LogP contribution in [0.4, 0.5) is 0 Å². The Kier molecular flexibility index (Phi) is 12.4. The molecule has 0 aliphatic rings. The maximum Gasteiger partial charge on any atom is 0.330 e. The molecule has 0 rings (SSSR count). The fourth-order valence-electron chi connectivity index (χ4n) is 2.09. The first kappa shape index (κ1) is 23.1. The van der Waals surface area contributed by atoms with Crippen LogP contribution in [0.5, 0.6) is 0 Å². The molecule has 1 atom stereocenters. The molecule has 0 radical (unpaired) electrons. The lowest BCUT2D eigenvalue weighted by atomic mass is 10.1. The van der Waals surface area contributed by atoms with E-state index in [1.54, 1.807) is 0 Å². The van der Waals surface area contributed by atoms with Crippen molar-refractivity contribution in [1.29, 1.82) is 0 Å². The zero-order chi connectivity index (χ0) is 19.2. The van der Waals surface area contributed by atoms with Gasteiger partial charge < -0.3 is 14.6 Å². The zero-order valence-corrected chi connectivity index (χ0v) is 16.1. The molecular weight excluding hydrogens is 320 g/mol. The van der Waals surface area contributed by atoms with Gasteiger partial charge in [-0.25, -0.2) is 4.79 Å². The van der Waals surface area contributed by atoms with Crippen LogP contribution >= 0.6 is 0 Å². The van der Waals surface area contributed by atoms with Crippen molar-refractivity contribution in [1.82, 2.24) is 0 Å². The molecule has 0 bridgehead atoms. The number of ether oxygens (including phenoxy) is 2. The first-order valence-corrected chi connectivity index (χ1v) is 8.65. The molecule has 25 heavy (non-hydrogen) atoms. The van der Waals surface area contributed by atoms with Crippen molar-refractivity contribution in [3.63, 3.8) is 0 Å². The third kappa shape index (κ3) is 14.2. The number of carbonyl (C=O) groups is 2. The zero-order valence-electron chi connectivity index (χ0n) is 16.1. The summed E-state index contributed by atoms with van der Waals surface area (Å²) in [5.74, 6) is -1.01. The number of allylic oxidation sites excluding steroid dienone is 5. The van der Waals surface area contributed by atoms with E-state index in [-0.39, 0.29) is 13.2 Å². The van der Waals surface area contributed by atoms with Gasteiger partial charge in [0.15, 0.2) is 6.10 Å². The number of carbonyl (C=O) groups excluding carboxylic acids is 2. The Labute approximate surface area is 151 Å². The van der Waals surface area contributed by atoms with Gasteiger partial charge in [-0.3, -0.25) is 4.79 Å². The molecule has 0 aromatic rings. The normalized spacial score (nSPS) is 13.2. The van der Waals surface area contributed by atoms with Crippen LogP contribution in [0.25, 0.3) is 0 Å². The van der Waals surface area contributed by atoms with Gasteiger partial charge in [0, 0.05) is 13.0 Å². The van der Waals surface area contributed by atoms with Crippen molar-refractivity contribution in [2.24, 2.45) is 0 Å². The van der Waals surface area contributed by atoms with E-state index in [4.69, 9.17) is 14.6 Å². The number of esters is 2. The summed E-state index contributed by atoms with van der Waals surface area (Å²) in [6, 6.07) is 0. The summed E-state index contributed by atoms with van der Waals surface area (Å²) in [5, 5.41) is 9.04. The van der Waals surface area contributed by atoms with Gasteiger partial charge in [0.2, 0.25) is 0 Å². The van der Waals surface area contributed by atoms with E-state index in [1.807, 2.05) is 6.92 Å². The molecule has 0 fully saturated rings. The maximum atomic E-state index is 11.7. The van der Waals surface area contributed by atoms with Gasteiger partial charge in [0.1, 0.15) is 6.61 Å². The molecule has 0 saturated carbocycles. The van der Waals surface area contributed by atoms with Crippen molar-refractivity contribution in [2.45, 2.75) is 66.4 Å². The molecule has 0 amide bonds. The van der Waals surface area contributed by atoms with Crippen LogP contribution in [0.2, 0.25) is 0 Å². The monoisotopic (exact) mass is 352 g/mol. The third-order valence-electron chi connectivity index (χ3n) is 3.43. The van der Waals surface area contributed by atoms with Gasteiger partial charge in [-0.15, -0.1) is 0 Å². The van der Waals surface area contributed by atoms with E-state index >= 15 is 0 Å². The standard InChI is InChI=1S/C20H32O5/c1-15(2)8-6-9-16(3)10-7-11-17(4)12-20(23)24-14-19(13-21)25-18(5)22/h8,10,12,19,21H,6-7,9,11,13-14H2,1-5H3. The van der Waals surface area contributed by atoms with Crippen LogP contribution in [0.3, 0.4) is 0 Å². The highest BCUT2D eigenvalue weighted by molar-refractivity contribution is 5.82. The Morgan fingerprint density at radius 1 is 0.960 bits per heavy atom. The summed E-state index contributed by atoms with van der Waals surface area (Å²) in [6.07, 6.45) is 8.81. The predicted octanol–water partition coefficient (Wildman–Crippen LogP) is 3.87. The van der Waals surface area contributed by atoms with Gasteiger partial charge in [0.25, 0.3) is 0 Å². The number of aliphatic hydroxyl groups excluding tert-OH is 1. The molecule has 0 saturated heterocycles. The Morgan fingerprint density at radius 3 is 2.12 bits per heavy atom. The number of hydrogen-bond acceptors (Lipinski definition) is 5. The summed E-state index contributed by atoms with van der Waals surface area (Å²) in [6.45, 7) is 8.90. The fourth-order valence-corrected chi connectivity index (χ4v) is 2.09. The molecule has 0 aromatic heterocycles. The fraction of sp³-hybridized carbons (Fsp3) is 0.600. The van der Waals surface area contributed by atoms with Crippen molar-refractivity contribution < 1.29 is 24.2 Å². The van der Waals surface area contributed by atoms with Crippen LogP contribution in [0.1, 0.15) is 60.3 Å². The summed E-state index contributed by atoms with van der Waals surface area (Å²) in [4.78, 5) is 22.5. The lowest BCUT2D eigenvalue weighted by Crippen LogP contribution is -2.27. The molecular formula is C20H32O5. The van der Waals surface area contributed by atoms with Crippen molar-refractivity contribution >= 4 is 11.9 Å². The van der Waals surface area contributed by atoms with E-state index in [0.29, 0.717) is 0 Å². The van der Waals surface area contributed by atoms with Gasteiger partial charge in [0.05, 0.1) is 6.61 Å². The van der Waals surface area contributed by atoms with Crippen LogP contribution in [-0.4, -0.2) is 36.4 Å². The largest absolute Gasteiger partial charge is 0.458 e. The molecule has 0 heterocycles. The Hall–Kier alpha value is -1.88. The molecule has 1 unspecified atom stereocenters. The second kappa shape index (κ2) is 13.4. The van der Waals surface area contributed by atoms with Crippen molar-refractivity contribution in [3.8, 4) is 0 Å². The molecule has 5 nitrogen and oxygen atoms in total. The second-order valence-electron chi connectivity index (χ2n) is 6.44. The topological polar surface area (TPSA) is 72.8 Å². The summed E-state index contributed by atoms with van der Waals surface area (Å²) in [5.41, 5.74) is 3.61. The van der Waals surface area contributed by atoms with Crippen LogP contribution < -0.4 is 0 Å². The number of hydrogen-bond donors (Lipinski definition) is 1. The summed E-state index contributed by atoms with van der Waals surface area (Å²) in [7, 11) is 0. The minimum Gasteiger partial charge on any atom is -0.458 e. The number of rotatable bonds is 11. The molecule has 0 aliphatic carbocycles. The predicted molar refractivity (Wildman–Crippen MR) is 99.0 cm³/mol. The van der Waals surface area contributed by atoms with Gasteiger partial charge in [-0.05, 0) is 53.4 Å². The molecule has 5 heteroatoms. The summed E-state index contributed by atoms with van der Waals surface area (Å²) >= 11 is 0. The minimum absolute atomic E-state index is 0.151. The lowest BCUT2D eigenvalue weighted by molar-refractivity contribution is -0.157. The van der Waals surface area contributed by atoms with Crippen LogP contribution in [0, 0.1) is 0 Å². The van der Waals surface area contributed by atoms with Gasteiger partial charge in [-0.1, -0.05) is 28.9 Å². The molecule has 142 valence electrons. The van der Waals surface area contributed by atoms with E-state index in [9.17, 15) is 9.59 Å². The molecule has 0 aromatic carbocycles. The Morgan fingerprint density at radius 2 is 1.56 bits per heavy atom. The Balaban J connectivity index is 4.19. The second-order valence-corrected chi connectivity index (χ2v) is 6.44. The van der Waals surface area contributed by atoms with Crippen LogP contribution in [-0.2, 0) is 19.1 Å². The highest BCUT2D eigenvalue weighted by Crippen LogP contribution is 2.11. The molecule has 1 N–H and O–H groups in total. The van der Waals surface area contributed by atoms with Gasteiger partial charge >= 0.3 is 11.9 Å². The van der Waals surface area contributed by atoms with E-state index in [1.165, 1.54) is 24.1 Å². The number of aliphatic hydroxyl groups is 1. The molecule has 0 aliphatic heterocycles. The molecule has 0 spiro atoms.